The molecule has 4 rings (SSSR count). The van der Waals surface area contributed by atoms with E-state index < -0.39 is 11.9 Å². The molecule has 0 atom stereocenters. The Bertz CT molecular complexity index is 1060. The molecule has 1 aromatic carbocycles. The Kier molecular flexibility index (Phi) is 5.92. The smallest absolute Gasteiger partial charge is 0.383 e. The summed E-state index contributed by atoms with van der Waals surface area (Å²) >= 11 is 0. The fourth-order valence-corrected chi connectivity index (χ4v) is 3.64. The molecule has 1 aliphatic heterocycles. The number of rotatable bonds is 5. The number of ether oxygens (including phenoxy) is 1. The van der Waals surface area contributed by atoms with Gasteiger partial charge >= 0.3 is 6.18 Å². The number of hydrogen-bond acceptors (Lipinski definition) is 5. The van der Waals surface area contributed by atoms with Crippen LogP contribution in [0.3, 0.4) is 0 Å². The van der Waals surface area contributed by atoms with Crippen LogP contribution in [0.25, 0.3) is 16.9 Å². The number of alkyl halides is 3. The topological polar surface area (TPSA) is 63.0 Å². The first-order chi connectivity index (χ1) is 14.9. The lowest BCUT2D eigenvalue weighted by Gasteiger charge is -2.34. The lowest BCUT2D eigenvalue weighted by molar-refractivity contribution is -0.142. The van der Waals surface area contributed by atoms with Crippen LogP contribution in [0.1, 0.15) is 16.1 Å². The Labute approximate surface area is 177 Å². The lowest BCUT2D eigenvalue weighted by Crippen LogP contribution is -2.49. The van der Waals surface area contributed by atoms with Crippen molar-refractivity contribution >= 4 is 11.6 Å². The van der Waals surface area contributed by atoms with Gasteiger partial charge in [0.15, 0.2) is 11.3 Å². The summed E-state index contributed by atoms with van der Waals surface area (Å²) in [7, 11) is 1.64. The monoisotopic (exact) mass is 433 g/mol. The Balaban J connectivity index is 1.68. The maximum atomic E-state index is 13.7. The third kappa shape index (κ3) is 4.40. The molecule has 0 unspecified atom stereocenters. The molecule has 164 valence electrons. The fraction of sp³-hybridized carbons (Fsp3) is 0.381. The van der Waals surface area contributed by atoms with Gasteiger partial charge in [0.2, 0.25) is 0 Å². The molecule has 0 saturated carbocycles. The van der Waals surface area contributed by atoms with E-state index in [4.69, 9.17) is 4.74 Å². The van der Waals surface area contributed by atoms with Crippen LogP contribution in [0.4, 0.5) is 13.2 Å². The highest BCUT2D eigenvalue weighted by atomic mass is 19.4. The van der Waals surface area contributed by atoms with Crippen molar-refractivity contribution in [3.05, 3.63) is 53.9 Å². The van der Waals surface area contributed by atoms with Crippen LogP contribution in [0.2, 0.25) is 0 Å². The van der Waals surface area contributed by atoms with Gasteiger partial charge in [-0.05, 0) is 6.07 Å². The number of amides is 1. The minimum Gasteiger partial charge on any atom is -0.383 e. The molecule has 0 radical (unpaired) electrons. The third-order valence-electron chi connectivity index (χ3n) is 5.33. The van der Waals surface area contributed by atoms with Crippen LogP contribution in [0.5, 0.6) is 0 Å². The normalized spacial score (nSPS) is 15.5. The molecular weight excluding hydrogens is 411 g/mol. The van der Waals surface area contributed by atoms with Crippen molar-refractivity contribution < 1.29 is 22.7 Å². The zero-order valence-electron chi connectivity index (χ0n) is 17.0. The van der Waals surface area contributed by atoms with E-state index in [0.29, 0.717) is 42.9 Å². The first kappa shape index (κ1) is 21.3. The van der Waals surface area contributed by atoms with Crippen LogP contribution in [0.15, 0.2) is 42.6 Å². The summed E-state index contributed by atoms with van der Waals surface area (Å²) in [5.74, 6) is -0.368. The van der Waals surface area contributed by atoms with Crippen molar-refractivity contribution in [2.24, 2.45) is 0 Å². The number of aromatic nitrogens is 3. The van der Waals surface area contributed by atoms with E-state index in [1.165, 1.54) is 6.20 Å². The number of hydrogen-bond donors (Lipinski definition) is 0. The predicted octanol–water partition coefficient (Wildman–Crippen LogP) is 2.82. The van der Waals surface area contributed by atoms with Crippen molar-refractivity contribution in [1.82, 2.24) is 24.4 Å². The maximum absolute atomic E-state index is 13.7. The zero-order chi connectivity index (χ0) is 22.0. The number of nitrogens with zero attached hydrogens (tertiary/aromatic N) is 5. The Morgan fingerprint density at radius 2 is 1.84 bits per heavy atom. The second-order valence-corrected chi connectivity index (χ2v) is 7.31. The van der Waals surface area contributed by atoms with E-state index in [2.05, 4.69) is 15.0 Å². The van der Waals surface area contributed by atoms with Gasteiger partial charge in [0, 0.05) is 45.4 Å². The number of carbonyl (C=O) groups excluding carboxylic acids is 1. The number of piperazine rings is 1. The predicted molar refractivity (Wildman–Crippen MR) is 108 cm³/mol. The molecule has 3 heterocycles. The Morgan fingerprint density at radius 3 is 2.48 bits per heavy atom. The summed E-state index contributed by atoms with van der Waals surface area (Å²) in [6.07, 6.45) is -3.48. The van der Waals surface area contributed by atoms with Crippen LogP contribution in [-0.4, -0.2) is 76.7 Å². The number of fused-ring (bicyclic) bond motifs is 1. The SMILES string of the molecule is COCCN1CCN(C(=O)c2cnn3c(C(F)(F)F)cc(-c4ccccc4)nc23)CC1. The quantitative estimate of drug-likeness (QED) is 0.619. The first-order valence-electron chi connectivity index (χ1n) is 9.90. The molecule has 1 aliphatic rings. The van der Waals surface area contributed by atoms with Gasteiger partial charge in [0.1, 0.15) is 5.56 Å². The molecule has 31 heavy (non-hydrogen) atoms. The Morgan fingerprint density at radius 1 is 1.13 bits per heavy atom. The van der Waals surface area contributed by atoms with Gasteiger partial charge < -0.3 is 9.64 Å². The average Bonchev–Trinajstić information content (AvgIpc) is 3.20. The highest BCUT2D eigenvalue weighted by Crippen LogP contribution is 2.33. The van der Waals surface area contributed by atoms with Crippen molar-refractivity contribution in [3.63, 3.8) is 0 Å². The fourth-order valence-electron chi connectivity index (χ4n) is 3.64. The van der Waals surface area contributed by atoms with Crippen LogP contribution < -0.4 is 0 Å². The molecule has 0 N–H and O–H groups in total. The van der Waals surface area contributed by atoms with Gasteiger partial charge in [-0.15, -0.1) is 0 Å². The van der Waals surface area contributed by atoms with Crippen molar-refractivity contribution in [1.29, 1.82) is 0 Å². The van der Waals surface area contributed by atoms with E-state index >= 15 is 0 Å². The van der Waals surface area contributed by atoms with E-state index in [-0.39, 0.29) is 22.8 Å². The van der Waals surface area contributed by atoms with E-state index in [9.17, 15) is 18.0 Å². The van der Waals surface area contributed by atoms with Crippen LogP contribution in [-0.2, 0) is 10.9 Å². The largest absolute Gasteiger partial charge is 0.433 e. The third-order valence-corrected chi connectivity index (χ3v) is 5.33. The molecule has 10 heteroatoms. The molecule has 3 aromatic rings. The summed E-state index contributed by atoms with van der Waals surface area (Å²) in [6.45, 7) is 3.67. The number of methoxy groups -OCH3 is 1. The lowest BCUT2D eigenvalue weighted by atomic mass is 10.1. The van der Waals surface area contributed by atoms with E-state index in [0.717, 1.165) is 12.6 Å². The summed E-state index contributed by atoms with van der Waals surface area (Å²) in [5.41, 5.74) is -0.338. The molecule has 0 bridgehead atoms. The molecule has 7 nitrogen and oxygen atoms in total. The molecular formula is C21H22F3N5O2. The Hall–Kier alpha value is -2.98. The molecule has 1 amide bonds. The van der Waals surface area contributed by atoms with Gasteiger partial charge in [-0.25, -0.2) is 9.50 Å². The summed E-state index contributed by atoms with van der Waals surface area (Å²) in [6, 6.07) is 9.52. The maximum Gasteiger partial charge on any atom is 0.433 e. The van der Waals surface area contributed by atoms with Crippen LogP contribution >= 0.6 is 0 Å². The minimum atomic E-state index is -4.65. The van der Waals surface area contributed by atoms with Gasteiger partial charge in [-0.2, -0.15) is 18.3 Å². The van der Waals surface area contributed by atoms with Gasteiger partial charge in [-0.1, -0.05) is 30.3 Å². The van der Waals surface area contributed by atoms with Gasteiger partial charge in [-0.3, -0.25) is 9.69 Å². The summed E-state index contributed by atoms with van der Waals surface area (Å²) in [4.78, 5) is 21.3. The summed E-state index contributed by atoms with van der Waals surface area (Å²) < 4.78 is 47.0. The van der Waals surface area contributed by atoms with Crippen molar-refractivity contribution in [2.75, 3.05) is 46.4 Å². The minimum absolute atomic E-state index is 0.0635. The first-order valence-corrected chi connectivity index (χ1v) is 9.90. The van der Waals surface area contributed by atoms with Gasteiger partial charge in [0.25, 0.3) is 5.91 Å². The second kappa shape index (κ2) is 8.64. The average molecular weight is 433 g/mol. The molecule has 0 spiro atoms. The number of carbonyl (C=O) groups is 1. The standard InChI is InChI=1S/C21H22F3N5O2/c1-31-12-11-27-7-9-28(10-8-27)20(30)16-14-25-29-18(21(22,23)24)13-17(26-19(16)29)15-5-3-2-4-6-15/h2-6,13-14H,7-12H2,1H3. The number of benzene rings is 1. The summed E-state index contributed by atoms with van der Waals surface area (Å²) in [5, 5.41) is 3.85. The molecule has 1 fully saturated rings. The van der Waals surface area contributed by atoms with E-state index in [1.807, 2.05) is 0 Å². The molecule has 1 saturated heterocycles. The van der Waals surface area contributed by atoms with Crippen molar-refractivity contribution in [3.8, 4) is 11.3 Å². The van der Waals surface area contributed by atoms with E-state index in [1.54, 1.807) is 42.3 Å². The highest BCUT2D eigenvalue weighted by molar-refractivity contribution is 6.00. The molecule has 0 aliphatic carbocycles. The van der Waals surface area contributed by atoms with Crippen LogP contribution in [0, 0.1) is 0 Å². The zero-order valence-corrected chi connectivity index (χ0v) is 17.0. The van der Waals surface area contributed by atoms with Gasteiger partial charge in [0.05, 0.1) is 18.5 Å². The number of halogens is 3. The molecule has 2 aromatic heterocycles. The van der Waals surface area contributed by atoms with Crippen molar-refractivity contribution in [2.45, 2.75) is 6.18 Å². The highest BCUT2D eigenvalue weighted by Gasteiger charge is 2.36. The second-order valence-electron chi connectivity index (χ2n) is 7.31.